The standard InChI is InChI=1S/C18H21N3/c1-3-16(2)8-9-20-10-12-21(13-11-20)15-18-7-5-4-6-17(18)14-19/h3-9H,1-2,10-13,15H2/b9-8-. The number of nitrogens with zero attached hydrogens (tertiary/aromatic N) is 3. The Hall–Kier alpha value is -2.31. The molecule has 108 valence electrons. The number of rotatable bonds is 5. The Morgan fingerprint density at radius 2 is 1.95 bits per heavy atom. The first-order valence-electron chi connectivity index (χ1n) is 7.17. The Morgan fingerprint density at radius 3 is 2.62 bits per heavy atom. The molecule has 1 aliphatic rings. The van der Waals surface area contributed by atoms with Gasteiger partial charge < -0.3 is 4.90 Å². The molecule has 0 amide bonds. The maximum Gasteiger partial charge on any atom is 0.0995 e. The van der Waals surface area contributed by atoms with Gasteiger partial charge in [-0.2, -0.15) is 5.26 Å². The van der Waals surface area contributed by atoms with Crippen molar-refractivity contribution in [2.24, 2.45) is 0 Å². The molecule has 0 atom stereocenters. The molecule has 2 rings (SSSR count). The Balaban J connectivity index is 1.87. The van der Waals surface area contributed by atoms with Crippen molar-refractivity contribution in [2.45, 2.75) is 6.54 Å². The molecule has 3 heteroatoms. The van der Waals surface area contributed by atoms with Crippen LogP contribution in [0.4, 0.5) is 0 Å². The fourth-order valence-electron chi connectivity index (χ4n) is 2.35. The minimum absolute atomic E-state index is 0.780. The van der Waals surface area contributed by atoms with Crippen LogP contribution in [0.2, 0.25) is 0 Å². The van der Waals surface area contributed by atoms with Gasteiger partial charge in [0, 0.05) is 32.7 Å². The van der Waals surface area contributed by atoms with E-state index in [9.17, 15) is 0 Å². The zero-order valence-electron chi connectivity index (χ0n) is 12.3. The topological polar surface area (TPSA) is 30.3 Å². The van der Waals surface area contributed by atoms with Gasteiger partial charge in [-0.1, -0.05) is 37.4 Å². The van der Waals surface area contributed by atoms with Crippen LogP contribution in [0.15, 0.2) is 61.3 Å². The number of hydrogen-bond acceptors (Lipinski definition) is 3. The van der Waals surface area contributed by atoms with E-state index in [-0.39, 0.29) is 0 Å². The Bertz CT molecular complexity index is 572. The normalized spacial score (nSPS) is 15.9. The van der Waals surface area contributed by atoms with E-state index in [2.05, 4.69) is 35.2 Å². The van der Waals surface area contributed by atoms with Crippen LogP contribution in [0, 0.1) is 11.3 Å². The molecule has 1 fully saturated rings. The summed E-state index contributed by atoms with van der Waals surface area (Å²) in [6.45, 7) is 12.4. The zero-order valence-corrected chi connectivity index (χ0v) is 12.3. The summed E-state index contributed by atoms with van der Waals surface area (Å²) >= 11 is 0. The van der Waals surface area contributed by atoms with Gasteiger partial charge in [0.05, 0.1) is 11.6 Å². The minimum Gasteiger partial charge on any atom is -0.375 e. The molecule has 0 spiro atoms. The summed E-state index contributed by atoms with van der Waals surface area (Å²) in [6, 6.07) is 10.1. The Labute approximate surface area is 127 Å². The van der Waals surface area contributed by atoms with Crippen molar-refractivity contribution in [3.63, 3.8) is 0 Å². The smallest absolute Gasteiger partial charge is 0.0995 e. The number of piperazine rings is 1. The quantitative estimate of drug-likeness (QED) is 0.776. The predicted octanol–water partition coefficient (Wildman–Crippen LogP) is 2.93. The summed E-state index contributed by atoms with van der Waals surface area (Å²) in [5, 5.41) is 9.13. The highest BCUT2D eigenvalue weighted by atomic mass is 15.2. The second-order valence-corrected chi connectivity index (χ2v) is 5.18. The van der Waals surface area contributed by atoms with Crippen LogP contribution >= 0.6 is 0 Å². The molecule has 0 N–H and O–H groups in total. The summed E-state index contributed by atoms with van der Waals surface area (Å²) in [5.74, 6) is 0. The molecule has 1 heterocycles. The lowest BCUT2D eigenvalue weighted by Crippen LogP contribution is -2.43. The van der Waals surface area contributed by atoms with E-state index in [1.54, 1.807) is 6.08 Å². The fourth-order valence-corrected chi connectivity index (χ4v) is 2.35. The molecule has 1 aliphatic heterocycles. The van der Waals surface area contributed by atoms with Crippen LogP contribution in [0.3, 0.4) is 0 Å². The maximum atomic E-state index is 9.13. The summed E-state index contributed by atoms with van der Waals surface area (Å²) in [7, 11) is 0. The van der Waals surface area contributed by atoms with E-state index < -0.39 is 0 Å². The highest BCUT2D eigenvalue weighted by molar-refractivity contribution is 5.37. The van der Waals surface area contributed by atoms with E-state index in [4.69, 9.17) is 5.26 Å². The first kappa shape index (κ1) is 15.1. The summed E-state index contributed by atoms with van der Waals surface area (Å²) in [4.78, 5) is 4.68. The van der Waals surface area contributed by atoms with Gasteiger partial charge in [0.25, 0.3) is 0 Å². The molecule has 0 radical (unpaired) electrons. The zero-order chi connectivity index (χ0) is 15.1. The predicted molar refractivity (Wildman–Crippen MR) is 86.5 cm³/mol. The van der Waals surface area contributed by atoms with Crippen LogP contribution < -0.4 is 0 Å². The van der Waals surface area contributed by atoms with Gasteiger partial charge in [-0.15, -0.1) is 0 Å². The van der Waals surface area contributed by atoms with Crippen LogP contribution in [-0.4, -0.2) is 36.0 Å². The van der Waals surface area contributed by atoms with Crippen LogP contribution in [0.25, 0.3) is 0 Å². The third-order valence-electron chi connectivity index (χ3n) is 3.70. The highest BCUT2D eigenvalue weighted by Crippen LogP contribution is 2.13. The number of benzene rings is 1. The molecule has 1 saturated heterocycles. The van der Waals surface area contributed by atoms with Crippen LogP contribution in [0.1, 0.15) is 11.1 Å². The van der Waals surface area contributed by atoms with Crippen molar-refractivity contribution in [2.75, 3.05) is 26.2 Å². The van der Waals surface area contributed by atoms with Gasteiger partial charge in [0.2, 0.25) is 0 Å². The lowest BCUT2D eigenvalue weighted by atomic mass is 10.1. The third-order valence-corrected chi connectivity index (χ3v) is 3.70. The molecule has 1 aromatic carbocycles. The molecule has 0 unspecified atom stereocenters. The van der Waals surface area contributed by atoms with E-state index in [0.717, 1.165) is 49.4 Å². The molecule has 0 bridgehead atoms. The average molecular weight is 279 g/mol. The van der Waals surface area contributed by atoms with Crippen molar-refractivity contribution in [3.05, 3.63) is 72.5 Å². The van der Waals surface area contributed by atoms with Crippen molar-refractivity contribution in [1.29, 1.82) is 5.26 Å². The third kappa shape index (κ3) is 4.34. The molecule has 0 saturated carbocycles. The lowest BCUT2D eigenvalue weighted by molar-refractivity contribution is 0.162. The minimum atomic E-state index is 0.780. The first-order chi connectivity index (χ1) is 10.2. The van der Waals surface area contributed by atoms with Gasteiger partial charge >= 0.3 is 0 Å². The summed E-state index contributed by atoms with van der Waals surface area (Å²) in [6.07, 6.45) is 5.84. The van der Waals surface area contributed by atoms with Gasteiger partial charge in [-0.05, 0) is 29.5 Å². The fraction of sp³-hybridized carbons (Fsp3) is 0.278. The monoisotopic (exact) mass is 279 g/mol. The van der Waals surface area contributed by atoms with Crippen molar-refractivity contribution in [1.82, 2.24) is 9.80 Å². The molecule has 0 aromatic heterocycles. The van der Waals surface area contributed by atoms with E-state index in [1.165, 1.54) is 0 Å². The van der Waals surface area contributed by atoms with E-state index in [1.807, 2.05) is 30.3 Å². The summed E-state index contributed by atoms with van der Waals surface area (Å²) in [5.41, 5.74) is 2.83. The maximum absolute atomic E-state index is 9.13. The Morgan fingerprint density at radius 1 is 1.24 bits per heavy atom. The molecular weight excluding hydrogens is 258 g/mol. The van der Waals surface area contributed by atoms with Crippen molar-refractivity contribution >= 4 is 0 Å². The number of allylic oxidation sites excluding steroid dienone is 3. The van der Waals surface area contributed by atoms with Crippen molar-refractivity contribution in [3.8, 4) is 6.07 Å². The summed E-state index contributed by atoms with van der Waals surface area (Å²) < 4.78 is 0. The van der Waals surface area contributed by atoms with Crippen LogP contribution in [0.5, 0.6) is 0 Å². The van der Waals surface area contributed by atoms with Gasteiger partial charge in [-0.25, -0.2) is 0 Å². The van der Waals surface area contributed by atoms with Crippen LogP contribution in [-0.2, 0) is 6.54 Å². The molecular formula is C18H21N3. The highest BCUT2D eigenvalue weighted by Gasteiger charge is 2.15. The number of nitriles is 1. The van der Waals surface area contributed by atoms with Gasteiger partial charge in [-0.3, -0.25) is 4.90 Å². The second kappa shape index (κ2) is 7.47. The molecule has 0 aliphatic carbocycles. The SMILES string of the molecule is C=CC(=C)/C=C\N1CCN(Cc2ccccc2C#N)CC1. The Kier molecular flexibility index (Phi) is 5.36. The second-order valence-electron chi connectivity index (χ2n) is 5.18. The average Bonchev–Trinajstić information content (AvgIpc) is 2.54. The molecule has 3 nitrogen and oxygen atoms in total. The van der Waals surface area contributed by atoms with E-state index >= 15 is 0 Å². The van der Waals surface area contributed by atoms with Gasteiger partial charge in [0.15, 0.2) is 0 Å². The molecule has 21 heavy (non-hydrogen) atoms. The lowest BCUT2D eigenvalue weighted by Gasteiger charge is -2.34. The number of hydrogen-bond donors (Lipinski definition) is 0. The molecule has 1 aromatic rings. The largest absolute Gasteiger partial charge is 0.375 e. The first-order valence-corrected chi connectivity index (χ1v) is 7.17. The van der Waals surface area contributed by atoms with Gasteiger partial charge in [0.1, 0.15) is 0 Å². The van der Waals surface area contributed by atoms with Crippen molar-refractivity contribution < 1.29 is 0 Å². The van der Waals surface area contributed by atoms with E-state index in [0.29, 0.717) is 0 Å².